The van der Waals surface area contributed by atoms with Gasteiger partial charge in [-0.25, -0.2) is 0 Å². The van der Waals surface area contributed by atoms with E-state index in [1.165, 1.54) is 12.8 Å². The summed E-state index contributed by atoms with van der Waals surface area (Å²) >= 11 is 11.5. The van der Waals surface area contributed by atoms with E-state index in [1.54, 1.807) is 0 Å². The van der Waals surface area contributed by atoms with Crippen LogP contribution in [0.3, 0.4) is 0 Å². The van der Waals surface area contributed by atoms with Crippen LogP contribution in [0, 0.1) is 5.41 Å². The van der Waals surface area contributed by atoms with Crippen molar-refractivity contribution in [3.05, 3.63) is 0 Å². The Bertz CT molecular complexity index is 87.3. The number of unbranched alkanes of at least 4 members (excludes halogenated alkanes) is 1. The van der Waals surface area contributed by atoms with Crippen LogP contribution in [0.25, 0.3) is 0 Å². The zero-order valence-electron chi connectivity index (χ0n) is 6.95. The fraction of sp³-hybridized carbons (Fsp3) is 1.00. The van der Waals surface area contributed by atoms with Gasteiger partial charge in [0.25, 0.3) is 0 Å². The molecule has 0 aliphatic carbocycles. The SMILES string of the molecule is CCCCC(C)(C)C(Cl)Cl. The minimum Gasteiger partial charge on any atom is -0.105 e. The minimum atomic E-state index is -0.237. The first-order valence-electron chi connectivity index (χ1n) is 3.79. The van der Waals surface area contributed by atoms with E-state index in [0.717, 1.165) is 6.42 Å². The number of halogens is 2. The predicted octanol–water partition coefficient (Wildman–Crippen LogP) is 4.01. The zero-order chi connectivity index (χ0) is 8.20. The maximum atomic E-state index is 5.77. The van der Waals surface area contributed by atoms with Gasteiger partial charge in [0.15, 0.2) is 0 Å². The van der Waals surface area contributed by atoms with Crippen molar-refractivity contribution in [1.82, 2.24) is 0 Å². The molecule has 0 radical (unpaired) electrons. The summed E-state index contributed by atoms with van der Waals surface area (Å²) in [5.74, 6) is 0. The van der Waals surface area contributed by atoms with Gasteiger partial charge in [0, 0.05) is 0 Å². The monoisotopic (exact) mass is 182 g/mol. The summed E-state index contributed by atoms with van der Waals surface area (Å²) in [7, 11) is 0. The van der Waals surface area contributed by atoms with Gasteiger partial charge in [0.2, 0.25) is 0 Å². The summed E-state index contributed by atoms with van der Waals surface area (Å²) in [5.41, 5.74) is 0.0825. The fourth-order valence-corrected chi connectivity index (χ4v) is 0.960. The van der Waals surface area contributed by atoms with Gasteiger partial charge in [0.1, 0.15) is 4.84 Å². The van der Waals surface area contributed by atoms with Crippen molar-refractivity contribution in [2.75, 3.05) is 0 Å². The van der Waals surface area contributed by atoms with Gasteiger partial charge < -0.3 is 0 Å². The van der Waals surface area contributed by atoms with Crippen LogP contribution in [-0.4, -0.2) is 4.84 Å². The van der Waals surface area contributed by atoms with Gasteiger partial charge in [-0.15, -0.1) is 23.2 Å². The summed E-state index contributed by atoms with van der Waals surface area (Å²) in [5, 5.41) is 0. The highest BCUT2D eigenvalue weighted by Crippen LogP contribution is 2.33. The lowest BCUT2D eigenvalue weighted by Gasteiger charge is -2.25. The van der Waals surface area contributed by atoms with E-state index in [9.17, 15) is 0 Å². The fourth-order valence-electron chi connectivity index (χ4n) is 0.742. The Kier molecular flexibility index (Phi) is 4.71. The molecule has 0 aliphatic heterocycles. The number of hydrogen-bond donors (Lipinski definition) is 0. The molecule has 0 aromatic heterocycles. The first-order chi connectivity index (χ1) is 4.50. The summed E-state index contributed by atoms with van der Waals surface area (Å²) in [4.78, 5) is -0.237. The summed E-state index contributed by atoms with van der Waals surface area (Å²) in [6, 6.07) is 0. The molecule has 0 bridgehead atoms. The smallest absolute Gasteiger partial charge is 0.105 e. The molecule has 0 unspecified atom stereocenters. The standard InChI is InChI=1S/C8H16Cl2/c1-4-5-6-8(2,3)7(9)10/h7H,4-6H2,1-3H3. The van der Waals surface area contributed by atoms with Crippen LogP contribution in [-0.2, 0) is 0 Å². The van der Waals surface area contributed by atoms with Crippen LogP contribution in [0.4, 0.5) is 0 Å². The molecule has 0 saturated heterocycles. The Labute approximate surface area is 73.9 Å². The van der Waals surface area contributed by atoms with E-state index in [1.807, 2.05) is 0 Å². The molecule has 0 saturated carbocycles. The third-order valence-corrected chi connectivity index (χ3v) is 2.95. The maximum absolute atomic E-state index is 5.77. The van der Waals surface area contributed by atoms with E-state index in [-0.39, 0.29) is 10.3 Å². The summed E-state index contributed by atoms with van der Waals surface area (Å²) in [6.45, 7) is 6.38. The van der Waals surface area contributed by atoms with Crippen molar-refractivity contribution >= 4 is 23.2 Å². The lowest BCUT2D eigenvalue weighted by molar-refractivity contribution is 0.350. The highest BCUT2D eigenvalue weighted by atomic mass is 35.5. The second kappa shape index (κ2) is 4.46. The van der Waals surface area contributed by atoms with Crippen LogP contribution < -0.4 is 0 Å². The number of alkyl halides is 2. The van der Waals surface area contributed by atoms with E-state index in [4.69, 9.17) is 23.2 Å². The summed E-state index contributed by atoms with van der Waals surface area (Å²) < 4.78 is 0. The molecule has 0 spiro atoms. The molecule has 0 N–H and O–H groups in total. The molecule has 0 aliphatic rings. The number of hydrogen-bond acceptors (Lipinski definition) is 0. The molecule has 0 atom stereocenters. The van der Waals surface area contributed by atoms with Gasteiger partial charge in [-0.3, -0.25) is 0 Å². The Morgan fingerprint density at radius 3 is 2.10 bits per heavy atom. The topological polar surface area (TPSA) is 0 Å². The van der Waals surface area contributed by atoms with Gasteiger partial charge in [-0.05, 0) is 11.8 Å². The van der Waals surface area contributed by atoms with E-state index >= 15 is 0 Å². The minimum absolute atomic E-state index is 0.0825. The molecular formula is C8H16Cl2. The predicted molar refractivity (Wildman–Crippen MR) is 48.8 cm³/mol. The quantitative estimate of drug-likeness (QED) is 0.577. The van der Waals surface area contributed by atoms with Crippen LogP contribution in [0.15, 0.2) is 0 Å². The third-order valence-electron chi connectivity index (χ3n) is 1.77. The molecule has 0 aromatic carbocycles. The Hall–Kier alpha value is 0.580. The summed E-state index contributed by atoms with van der Waals surface area (Å²) in [6.07, 6.45) is 3.54. The lowest BCUT2D eigenvalue weighted by Crippen LogP contribution is -2.19. The first kappa shape index (κ1) is 10.6. The van der Waals surface area contributed by atoms with Crippen LogP contribution >= 0.6 is 23.2 Å². The molecule has 0 nitrogen and oxygen atoms in total. The second-order valence-corrected chi connectivity index (χ2v) is 4.49. The van der Waals surface area contributed by atoms with Crippen molar-refractivity contribution in [3.63, 3.8) is 0 Å². The Morgan fingerprint density at radius 1 is 1.30 bits per heavy atom. The third kappa shape index (κ3) is 3.68. The molecule has 10 heavy (non-hydrogen) atoms. The highest BCUT2D eigenvalue weighted by molar-refractivity contribution is 6.44. The van der Waals surface area contributed by atoms with Gasteiger partial charge >= 0.3 is 0 Å². The first-order valence-corrected chi connectivity index (χ1v) is 4.66. The van der Waals surface area contributed by atoms with Gasteiger partial charge in [-0.1, -0.05) is 33.6 Å². The largest absolute Gasteiger partial charge is 0.112 e. The average molecular weight is 183 g/mol. The molecule has 0 amide bonds. The Morgan fingerprint density at radius 2 is 1.80 bits per heavy atom. The van der Waals surface area contributed by atoms with Crippen LogP contribution in [0.1, 0.15) is 40.0 Å². The molecule has 62 valence electrons. The average Bonchev–Trinajstić information content (AvgIpc) is 1.84. The van der Waals surface area contributed by atoms with E-state index in [2.05, 4.69) is 20.8 Å². The molecule has 0 aromatic rings. The second-order valence-electron chi connectivity index (χ2n) is 3.39. The van der Waals surface area contributed by atoms with Gasteiger partial charge in [0.05, 0.1) is 0 Å². The molecular weight excluding hydrogens is 167 g/mol. The van der Waals surface area contributed by atoms with Crippen molar-refractivity contribution in [2.24, 2.45) is 5.41 Å². The molecule has 0 fully saturated rings. The molecule has 0 heterocycles. The van der Waals surface area contributed by atoms with Gasteiger partial charge in [-0.2, -0.15) is 0 Å². The zero-order valence-corrected chi connectivity index (χ0v) is 8.47. The normalized spacial score (nSPS) is 12.6. The molecule has 2 heteroatoms. The van der Waals surface area contributed by atoms with Crippen LogP contribution in [0.5, 0.6) is 0 Å². The molecule has 0 rings (SSSR count). The van der Waals surface area contributed by atoms with Crippen LogP contribution in [0.2, 0.25) is 0 Å². The van der Waals surface area contributed by atoms with Crippen molar-refractivity contribution < 1.29 is 0 Å². The maximum Gasteiger partial charge on any atom is 0.112 e. The highest BCUT2D eigenvalue weighted by Gasteiger charge is 2.24. The van der Waals surface area contributed by atoms with Crippen molar-refractivity contribution in [2.45, 2.75) is 44.9 Å². The van der Waals surface area contributed by atoms with Crippen molar-refractivity contribution in [3.8, 4) is 0 Å². The van der Waals surface area contributed by atoms with E-state index in [0.29, 0.717) is 0 Å². The lowest BCUT2D eigenvalue weighted by atomic mass is 9.89. The van der Waals surface area contributed by atoms with Crippen molar-refractivity contribution in [1.29, 1.82) is 0 Å². The Balaban J connectivity index is 3.63. The van der Waals surface area contributed by atoms with E-state index < -0.39 is 0 Å². The number of rotatable bonds is 4.